The van der Waals surface area contributed by atoms with E-state index in [2.05, 4.69) is 5.32 Å². The van der Waals surface area contributed by atoms with Gasteiger partial charge in [0.15, 0.2) is 0 Å². The third-order valence-electron chi connectivity index (χ3n) is 3.16. The molecule has 1 heterocycles. The minimum Gasteiger partial charge on any atom is -0.385 e. The van der Waals surface area contributed by atoms with Crippen LogP contribution < -0.4 is 5.32 Å². The van der Waals surface area contributed by atoms with Gasteiger partial charge < -0.3 is 10.1 Å². The van der Waals surface area contributed by atoms with Crippen LogP contribution in [0, 0.1) is 0 Å². The Hall–Kier alpha value is -0.380. The summed E-state index contributed by atoms with van der Waals surface area (Å²) < 4.78 is 67.5. The average molecular weight is 318 g/mol. The molecule has 0 aromatic rings. The number of nitrogens with zero attached hydrogens (tertiary/aromatic N) is 1. The minimum atomic E-state index is -4.53. The van der Waals surface area contributed by atoms with Crippen LogP contribution in [0.4, 0.5) is 13.2 Å². The molecule has 1 fully saturated rings. The first kappa shape index (κ1) is 17.7. The maximum Gasteiger partial charge on any atom is 0.402 e. The van der Waals surface area contributed by atoms with Crippen molar-refractivity contribution in [3.63, 3.8) is 0 Å². The molecule has 0 unspecified atom stereocenters. The van der Waals surface area contributed by atoms with Crippen LogP contribution in [-0.4, -0.2) is 64.0 Å². The van der Waals surface area contributed by atoms with Gasteiger partial charge >= 0.3 is 6.18 Å². The highest BCUT2D eigenvalue weighted by atomic mass is 32.2. The molecule has 0 spiro atoms. The summed E-state index contributed by atoms with van der Waals surface area (Å²) in [5, 5.41) is 3.01. The van der Waals surface area contributed by atoms with Crippen molar-refractivity contribution in [1.82, 2.24) is 9.62 Å². The first-order chi connectivity index (χ1) is 9.26. The molecule has 0 atom stereocenters. The Balaban J connectivity index is 2.79. The molecule has 0 aliphatic carbocycles. The summed E-state index contributed by atoms with van der Waals surface area (Å²) >= 11 is 0. The van der Waals surface area contributed by atoms with Gasteiger partial charge in [-0.2, -0.15) is 17.5 Å². The Morgan fingerprint density at radius 2 is 1.90 bits per heavy atom. The number of hydrogen-bond donors (Lipinski definition) is 1. The Morgan fingerprint density at radius 3 is 2.40 bits per heavy atom. The lowest BCUT2D eigenvalue weighted by Gasteiger charge is -2.34. The van der Waals surface area contributed by atoms with Gasteiger partial charge in [0.25, 0.3) is 0 Å². The highest BCUT2D eigenvalue weighted by molar-refractivity contribution is 7.89. The molecular weight excluding hydrogens is 297 g/mol. The number of nitrogens with one attached hydrogen (secondary N) is 1. The number of ether oxygens (including phenoxy) is 1. The Labute approximate surface area is 117 Å². The first-order valence-electron chi connectivity index (χ1n) is 6.52. The molecule has 1 rings (SSSR count). The Bertz CT molecular complexity index is 381. The van der Waals surface area contributed by atoms with E-state index in [9.17, 15) is 21.6 Å². The molecule has 1 aliphatic rings. The molecule has 0 saturated carbocycles. The largest absolute Gasteiger partial charge is 0.402 e. The van der Waals surface area contributed by atoms with E-state index in [1.165, 1.54) is 7.11 Å². The second kappa shape index (κ2) is 7.58. The van der Waals surface area contributed by atoms with Crippen LogP contribution >= 0.6 is 0 Å². The van der Waals surface area contributed by atoms with Crippen molar-refractivity contribution in [2.75, 3.05) is 39.1 Å². The van der Waals surface area contributed by atoms with Crippen molar-refractivity contribution in [3.8, 4) is 0 Å². The lowest BCUT2D eigenvalue weighted by molar-refractivity contribution is -0.140. The minimum absolute atomic E-state index is 0.193. The summed E-state index contributed by atoms with van der Waals surface area (Å²) in [4.78, 5) is 0. The van der Waals surface area contributed by atoms with Gasteiger partial charge in [0, 0.05) is 19.8 Å². The highest BCUT2D eigenvalue weighted by Crippen LogP contribution is 2.24. The fourth-order valence-corrected chi connectivity index (χ4v) is 3.95. The summed E-state index contributed by atoms with van der Waals surface area (Å²) in [6.07, 6.45) is -3.53. The van der Waals surface area contributed by atoms with Crippen molar-refractivity contribution >= 4 is 10.0 Å². The quantitative estimate of drug-likeness (QED) is 0.711. The molecule has 0 aromatic carbocycles. The lowest BCUT2D eigenvalue weighted by Crippen LogP contribution is -2.50. The summed E-state index contributed by atoms with van der Waals surface area (Å²) in [6.45, 7) is -0.127. The van der Waals surface area contributed by atoms with Crippen molar-refractivity contribution in [2.24, 2.45) is 0 Å². The van der Waals surface area contributed by atoms with Gasteiger partial charge in [0.05, 0.1) is 5.75 Å². The molecule has 20 heavy (non-hydrogen) atoms. The predicted octanol–water partition coefficient (Wildman–Crippen LogP) is 0.969. The fourth-order valence-electron chi connectivity index (χ4n) is 2.23. The molecule has 0 radical (unpaired) electrons. The SMILES string of the molecule is COCCCS(=O)(=O)N(CC(F)(F)F)C1CCNCC1. The van der Waals surface area contributed by atoms with Crippen LogP contribution in [0.2, 0.25) is 0 Å². The second-order valence-electron chi connectivity index (χ2n) is 4.80. The van der Waals surface area contributed by atoms with Gasteiger partial charge in [-0.25, -0.2) is 8.42 Å². The van der Waals surface area contributed by atoms with Crippen molar-refractivity contribution in [2.45, 2.75) is 31.5 Å². The second-order valence-corrected chi connectivity index (χ2v) is 6.85. The summed E-state index contributed by atoms with van der Waals surface area (Å²) in [5.74, 6) is -0.319. The molecule has 1 aliphatic heterocycles. The zero-order chi connectivity index (χ0) is 15.2. The van der Waals surface area contributed by atoms with E-state index in [1.807, 2.05) is 0 Å². The number of alkyl halides is 3. The van der Waals surface area contributed by atoms with E-state index >= 15 is 0 Å². The number of piperidine rings is 1. The lowest BCUT2D eigenvalue weighted by atomic mass is 10.1. The first-order valence-corrected chi connectivity index (χ1v) is 8.13. The standard InChI is InChI=1S/C11H21F3N2O3S/c1-19-7-2-8-20(17,18)16(9-11(12,13)14)10-3-5-15-6-4-10/h10,15H,2-9H2,1H3. The molecule has 1 N–H and O–H groups in total. The molecule has 9 heteroatoms. The van der Waals surface area contributed by atoms with Crippen LogP contribution in [0.5, 0.6) is 0 Å². The molecule has 0 bridgehead atoms. The number of rotatable bonds is 7. The van der Waals surface area contributed by atoms with Crippen molar-refractivity contribution < 1.29 is 26.3 Å². The normalized spacial score (nSPS) is 18.6. The molecular formula is C11H21F3N2O3S. The average Bonchev–Trinajstić information content (AvgIpc) is 2.36. The number of halogens is 3. The predicted molar refractivity (Wildman–Crippen MR) is 68.9 cm³/mol. The maximum absolute atomic E-state index is 12.6. The van der Waals surface area contributed by atoms with Gasteiger partial charge in [-0.15, -0.1) is 0 Å². The molecule has 120 valence electrons. The number of hydrogen-bond acceptors (Lipinski definition) is 4. The highest BCUT2D eigenvalue weighted by Gasteiger charge is 2.40. The van der Waals surface area contributed by atoms with Gasteiger partial charge in [0.1, 0.15) is 6.54 Å². The zero-order valence-electron chi connectivity index (χ0n) is 11.4. The zero-order valence-corrected chi connectivity index (χ0v) is 12.3. The van der Waals surface area contributed by atoms with E-state index < -0.39 is 28.8 Å². The van der Waals surface area contributed by atoms with E-state index in [4.69, 9.17) is 4.74 Å². The van der Waals surface area contributed by atoms with E-state index in [0.717, 1.165) is 0 Å². The summed E-state index contributed by atoms with van der Waals surface area (Å²) in [5.41, 5.74) is 0. The third-order valence-corrected chi connectivity index (χ3v) is 5.11. The van der Waals surface area contributed by atoms with Gasteiger partial charge in [0.2, 0.25) is 10.0 Å². The smallest absolute Gasteiger partial charge is 0.385 e. The Kier molecular flexibility index (Phi) is 6.70. The van der Waals surface area contributed by atoms with Crippen molar-refractivity contribution in [1.29, 1.82) is 0 Å². The van der Waals surface area contributed by atoms with E-state index in [0.29, 0.717) is 30.2 Å². The van der Waals surface area contributed by atoms with Gasteiger partial charge in [-0.3, -0.25) is 0 Å². The van der Waals surface area contributed by atoms with Crippen LogP contribution in [-0.2, 0) is 14.8 Å². The number of methoxy groups -OCH3 is 1. The van der Waals surface area contributed by atoms with Crippen LogP contribution in [0.25, 0.3) is 0 Å². The summed E-state index contributed by atoms with van der Waals surface area (Å²) in [6, 6.07) is -0.578. The maximum atomic E-state index is 12.6. The van der Waals surface area contributed by atoms with Gasteiger partial charge in [-0.1, -0.05) is 0 Å². The number of sulfonamides is 1. The van der Waals surface area contributed by atoms with Crippen LogP contribution in [0.3, 0.4) is 0 Å². The molecule has 0 amide bonds. The molecule has 1 saturated heterocycles. The Morgan fingerprint density at radius 1 is 1.30 bits per heavy atom. The van der Waals surface area contributed by atoms with Crippen LogP contribution in [0.15, 0.2) is 0 Å². The van der Waals surface area contributed by atoms with Crippen molar-refractivity contribution in [3.05, 3.63) is 0 Å². The fraction of sp³-hybridized carbons (Fsp3) is 1.00. The van der Waals surface area contributed by atoms with Crippen LogP contribution in [0.1, 0.15) is 19.3 Å². The van der Waals surface area contributed by atoms with Gasteiger partial charge in [-0.05, 0) is 32.4 Å². The summed E-state index contributed by atoms with van der Waals surface area (Å²) in [7, 11) is -2.50. The monoisotopic (exact) mass is 318 g/mol. The third kappa shape index (κ3) is 5.94. The molecule has 5 nitrogen and oxygen atoms in total. The van der Waals surface area contributed by atoms with E-state index in [1.54, 1.807) is 0 Å². The molecule has 0 aromatic heterocycles. The van der Waals surface area contributed by atoms with E-state index in [-0.39, 0.29) is 18.8 Å². The topological polar surface area (TPSA) is 58.6 Å².